The quantitative estimate of drug-likeness (QED) is 0.793. The van der Waals surface area contributed by atoms with E-state index in [1.54, 1.807) is 0 Å². The molecule has 1 aromatic rings. The number of hydrogen-bond acceptors (Lipinski definition) is 1. The van der Waals surface area contributed by atoms with E-state index < -0.39 is 29.4 Å². The minimum absolute atomic E-state index is 0.370. The predicted octanol–water partition coefficient (Wildman–Crippen LogP) is 3.09. The van der Waals surface area contributed by atoms with Gasteiger partial charge in [-0.2, -0.15) is 13.2 Å². The summed E-state index contributed by atoms with van der Waals surface area (Å²) >= 11 is 2.57. The largest absolute Gasteiger partial charge is 0.431 e. The Bertz CT molecular complexity index is 424. The van der Waals surface area contributed by atoms with Gasteiger partial charge in [0.2, 0.25) is 0 Å². The Hall–Kier alpha value is -0.920. The normalized spacial score (nSPS) is 12.2. The number of aromatic nitrogens is 1. The lowest BCUT2D eigenvalue weighted by atomic mass is 10.2. The van der Waals surface area contributed by atoms with Crippen LogP contribution in [0.4, 0.5) is 22.0 Å². The van der Waals surface area contributed by atoms with Crippen LogP contribution in [0.1, 0.15) is 17.7 Å². The number of H-pyrrole nitrogens is 1. The van der Waals surface area contributed by atoms with Crippen LogP contribution in [0.3, 0.4) is 0 Å². The summed E-state index contributed by atoms with van der Waals surface area (Å²) in [5, 5.41) is 0. The Balaban J connectivity index is 3.49. The van der Waals surface area contributed by atoms with Crippen LogP contribution in [0.2, 0.25) is 0 Å². The topological polar surface area (TPSA) is 32.9 Å². The van der Waals surface area contributed by atoms with Gasteiger partial charge in [-0.3, -0.25) is 4.79 Å². The molecule has 1 aromatic heterocycles. The molecule has 2 nitrogen and oxygen atoms in total. The highest BCUT2D eigenvalue weighted by Crippen LogP contribution is 2.34. The fraction of sp³-hybridized carbons (Fsp3) is 0.286. The van der Waals surface area contributed by atoms with Gasteiger partial charge in [-0.05, 0) is 22.0 Å². The number of pyridine rings is 1. The van der Waals surface area contributed by atoms with E-state index in [0.717, 1.165) is 0 Å². The fourth-order valence-electron chi connectivity index (χ4n) is 0.926. The van der Waals surface area contributed by atoms with Gasteiger partial charge in [0, 0.05) is 5.56 Å². The average Bonchev–Trinajstić information content (AvgIpc) is 2.06. The average molecular weight is 292 g/mol. The third kappa shape index (κ3) is 2.55. The van der Waals surface area contributed by atoms with Gasteiger partial charge in [-0.15, -0.1) is 0 Å². The fourth-order valence-corrected chi connectivity index (χ4v) is 1.27. The first-order chi connectivity index (χ1) is 6.73. The molecule has 0 saturated carbocycles. The van der Waals surface area contributed by atoms with Crippen molar-refractivity contribution in [2.45, 2.75) is 12.6 Å². The third-order valence-corrected chi connectivity index (χ3v) is 2.13. The minimum Gasteiger partial charge on any atom is -0.317 e. The summed E-state index contributed by atoms with van der Waals surface area (Å²) in [7, 11) is 0. The zero-order valence-electron chi connectivity index (χ0n) is 6.83. The third-order valence-electron chi connectivity index (χ3n) is 1.54. The Morgan fingerprint density at radius 1 is 1.33 bits per heavy atom. The Morgan fingerprint density at radius 3 is 2.27 bits per heavy atom. The second kappa shape index (κ2) is 3.92. The number of alkyl halides is 5. The highest BCUT2D eigenvalue weighted by atomic mass is 79.9. The molecule has 0 aliphatic rings. The van der Waals surface area contributed by atoms with E-state index in [0.29, 0.717) is 6.07 Å². The summed E-state index contributed by atoms with van der Waals surface area (Å²) in [5.41, 5.74) is -4.08. The maximum absolute atomic E-state index is 12.2. The number of rotatable bonds is 1. The van der Waals surface area contributed by atoms with Crippen molar-refractivity contribution in [3.05, 3.63) is 32.2 Å². The highest BCUT2D eigenvalue weighted by Gasteiger charge is 2.37. The zero-order chi connectivity index (χ0) is 11.8. The van der Waals surface area contributed by atoms with Crippen molar-refractivity contribution in [2.24, 2.45) is 0 Å². The van der Waals surface area contributed by atoms with Gasteiger partial charge in [0.1, 0.15) is 5.69 Å². The number of aromatic amines is 1. The summed E-state index contributed by atoms with van der Waals surface area (Å²) in [5.74, 6) is 0. The van der Waals surface area contributed by atoms with Crippen molar-refractivity contribution in [1.82, 2.24) is 4.98 Å². The Morgan fingerprint density at radius 2 is 1.87 bits per heavy atom. The molecule has 1 heterocycles. The summed E-state index contributed by atoms with van der Waals surface area (Å²) in [4.78, 5) is 12.2. The van der Waals surface area contributed by atoms with Crippen LogP contribution in [-0.2, 0) is 6.18 Å². The first kappa shape index (κ1) is 12.2. The molecule has 0 aromatic carbocycles. The van der Waals surface area contributed by atoms with Gasteiger partial charge in [0.15, 0.2) is 0 Å². The van der Waals surface area contributed by atoms with Crippen LogP contribution in [-0.4, -0.2) is 4.98 Å². The van der Waals surface area contributed by atoms with E-state index in [4.69, 9.17) is 0 Å². The molecule has 15 heavy (non-hydrogen) atoms. The molecule has 0 spiro atoms. The summed E-state index contributed by atoms with van der Waals surface area (Å²) in [6, 6.07) is 0.465. The van der Waals surface area contributed by atoms with Crippen LogP contribution >= 0.6 is 15.9 Å². The molecule has 1 rings (SSSR count). The molecule has 8 heteroatoms. The lowest BCUT2D eigenvalue weighted by molar-refractivity contribution is -0.143. The molecule has 1 N–H and O–H groups in total. The summed E-state index contributed by atoms with van der Waals surface area (Å²) in [6.45, 7) is 0. The Labute approximate surface area is 88.2 Å². The van der Waals surface area contributed by atoms with E-state index in [1.165, 1.54) is 4.98 Å². The number of halogens is 6. The molecule has 0 fully saturated rings. The van der Waals surface area contributed by atoms with Gasteiger partial charge >= 0.3 is 6.18 Å². The first-order valence-corrected chi connectivity index (χ1v) is 4.31. The SMILES string of the molecule is O=c1[nH]c(C(F)(F)F)c(C(F)F)cc1Br. The van der Waals surface area contributed by atoms with Crippen LogP contribution < -0.4 is 5.56 Å². The van der Waals surface area contributed by atoms with Gasteiger partial charge in [0.05, 0.1) is 4.47 Å². The molecule has 0 amide bonds. The molecular formula is C7H3BrF5NO. The van der Waals surface area contributed by atoms with Crippen LogP contribution in [0, 0.1) is 0 Å². The lowest BCUT2D eigenvalue weighted by Crippen LogP contribution is -2.20. The number of nitrogens with one attached hydrogen (secondary N) is 1. The second-order valence-electron chi connectivity index (χ2n) is 2.58. The molecule has 0 aliphatic carbocycles. The molecule has 0 radical (unpaired) electrons. The smallest absolute Gasteiger partial charge is 0.317 e. The van der Waals surface area contributed by atoms with E-state index in [9.17, 15) is 26.7 Å². The molecule has 0 atom stereocenters. The minimum atomic E-state index is -5.01. The van der Waals surface area contributed by atoms with E-state index >= 15 is 0 Å². The molecule has 0 saturated heterocycles. The van der Waals surface area contributed by atoms with Gasteiger partial charge < -0.3 is 4.98 Å². The maximum atomic E-state index is 12.2. The highest BCUT2D eigenvalue weighted by molar-refractivity contribution is 9.10. The number of hydrogen-bond donors (Lipinski definition) is 1. The first-order valence-electron chi connectivity index (χ1n) is 3.51. The van der Waals surface area contributed by atoms with Crippen LogP contribution in [0.15, 0.2) is 15.3 Å². The second-order valence-corrected chi connectivity index (χ2v) is 3.43. The molecule has 0 unspecified atom stereocenters. The van der Waals surface area contributed by atoms with E-state index in [-0.39, 0.29) is 4.47 Å². The van der Waals surface area contributed by atoms with Crippen molar-refractivity contribution < 1.29 is 22.0 Å². The van der Waals surface area contributed by atoms with Gasteiger partial charge in [0.25, 0.3) is 12.0 Å². The molecule has 0 bridgehead atoms. The van der Waals surface area contributed by atoms with Crippen molar-refractivity contribution in [1.29, 1.82) is 0 Å². The molecule has 84 valence electrons. The van der Waals surface area contributed by atoms with Crippen molar-refractivity contribution in [3.8, 4) is 0 Å². The molecular weight excluding hydrogens is 289 g/mol. The maximum Gasteiger partial charge on any atom is 0.431 e. The standard InChI is InChI=1S/C7H3BrF5NO/c8-3-1-2(5(9)10)4(7(11,12)13)14-6(3)15/h1,5H,(H,14,15). The molecule has 0 aliphatic heterocycles. The van der Waals surface area contributed by atoms with Crippen LogP contribution in [0.5, 0.6) is 0 Å². The predicted molar refractivity (Wildman–Crippen MR) is 44.7 cm³/mol. The van der Waals surface area contributed by atoms with Crippen molar-refractivity contribution in [3.63, 3.8) is 0 Å². The van der Waals surface area contributed by atoms with Gasteiger partial charge in [-0.1, -0.05) is 0 Å². The van der Waals surface area contributed by atoms with Crippen molar-refractivity contribution in [2.75, 3.05) is 0 Å². The monoisotopic (exact) mass is 291 g/mol. The Kier molecular flexibility index (Phi) is 3.17. The van der Waals surface area contributed by atoms with E-state index in [2.05, 4.69) is 15.9 Å². The van der Waals surface area contributed by atoms with E-state index in [1.807, 2.05) is 0 Å². The van der Waals surface area contributed by atoms with Crippen molar-refractivity contribution >= 4 is 15.9 Å². The lowest BCUT2D eigenvalue weighted by Gasteiger charge is -2.11. The zero-order valence-corrected chi connectivity index (χ0v) is 8.42. The summed E-state index contributed by atoms with van der Waals surface area (Å²) in [6.07, 6.45) is -8.32. The summed E-state index contributed by atoms with van der Waals surface area (Å²) < 4.78 is 60.7. The van der Waals surface area contributed by atoms with Gasteiger partial charge in [-0.25, -0.2) is 8.78 Å². The van der Waals surface area contributed by atoms with Crippen LogP contribution in [0.25, 0.3) is 0 Å².